The normalized spacial score (nSPS) is 15.6. The Morgan fingerprint density at radius 3 is 2.48 bits per heavy atom. The Morgan fingerprint density at radius 2 is 1.67 bits per heavy atom. The summed E-state index contributed by atoms with van der Waals surface area (Å²) in [5.74, 6) is 0.901. The number of carbonyl (C=O) groups excluding carboxylic acids is 1. The van der Waals surface area contributed by atoms with E-state index in [0.717, 1.165) is 37.2 Å². The third-order valence-electron chi connectivity index (χ3n) is 5.53. The van der Waals surface area contributed by atoms with E-state index >= 15 is 0 Å². The van der Waals surface area contributed by atoms with Crippen molar-refractivity contribution in [2.24, 2.45) is 5.92 Å². The van der Waals surface area contributed by atoms with E-state index in [1.165, 1.54) is 25.0 Å². The van der Waals surface area contributed by atoms with Crippen LogP contribution >= 0.6 is 22.7 Å². The Morgan fingerprint density at radius 1 is 0.926 bits per heavy atom. The van der Waals surface area contributed by atoms with Gasteiger partial charge in [-0.2, -0.15) is 0 Å². The molecule has 1 aliphatic rings. The number of benzene rings is 2. The van der Waals surface area contributed by atoms with Gasteiger partial charge in [0.05, 0.1) is 9.58 Å². The Kier molecular flexibility index (Phi) is 4.46. The van der Waals surface area contributed by atoms with Crippen molar-refractivity contribution in [3.05, 3.63) is 71.1 Å². The van der Waals surface area contributed by atoms with E-state index in [2.05, 4.69) is 65.6 Å². The molecule has 27 heavy (non-hydrogen) atoms. The standard InChI is InChI=1S/C23H21NOS2/c25-23(21-15-20-22(27-21)18-8-4-5-9-19(18)26-20)24-12-10-17(11-13-24)14-16-6-2-1-3-7-16/h1-9,15,17H,10-14H2. The van der Waals surface area contributed by atoms with E-state index in [0.29, 0.717) is 5.92 Å². The number of hydrogen-bond donors (Lipinski definition) is 0. The summed E-state index contributed by atoms with van der Waals surface area (Å²) in [6, 6.07) is 21.3. The van der Waals surface area contributed by atoms with Gasteiger partial charge in [-0.25, -0.2) is 0 Å². The van der Waals surface area contributed by atoms with Gasteiger partial charge in [-0.1, -0.05) is 48.5 Å². The van der Waals surface area contributed by atoms with E-state index < -0.39 is 0 Å². The van der Waals surface area contributed by atoms with E-state index in [1.807, 2.05) is 0 Å². The van der Waals surface area contributed by atoms with Crippen LogP contribution < -0.4 is 0 Å². The zero-order valence-corrected chi connectivity index (χ0v) is 16.7. The molecular weight excluding hydrogens is 370 g/mol. The highest BCUT2D eigenvalue weighted by Gasteiger charge is 2.25. The molecular formula is C23H21NOS2. The Bertz CT molecular complexity index is 1090. The molecule has 1 aliphatic heterocycles. The topological polar surface area (TPSA) is 20.3 Å². The zero-order chi connectivity index (χ0) is 18.2. The summed E-state index contributed by atoms with van der Waals surface area (Å²) in [7, 11) is 0. The number of hydrogen-bond acceptors (Lipinski definition) is 3. The van der Waals surface area contributed by atoms with E-state index in [-0.39, 0.29) is 5.91 Å². The molecule has 2 aromatic heterocycles. The summed E-state index contributed by atoms with van der Waals surface area (Å²) in [6.45, 7) is 1.76. The maximum absolute atomic E-state index is 13.0. The first-order chi connectivity index (χ1) is 13.3. The van der Waals surface area contributed by atoms with Crippen LogP contribution in [0.2, 0.25) is 0 Å². The van der Waals surface area contributed by atoms with Gasteiger partial charge in [0.25, 0.3) is 5.91 Å². The van der Waals surface area contributed by atoms with E-state index in [9.17, 15) is 4.79 Å². The monoisotopic (exact) mass is 391 g/mol. The lowest BCUT2D eigenvalue weighted by Gasteiger charge is -2.31. The lowest BCUT2D eigenvalue weighted by molar-refractivity contribution is 0.0695. The number of nitrogens with zero attached hydrogens (tertiary/aromatic N) is 1. The van der Waals surface area contributed by atoms with Crippen molar-refractivity contribution in [3.8, 4) is 0 Å². The highest BCUT2D eigenvalue weighted by Crippen LogP contribution is 2.39. The Balaban J connectivity index is 1.28. The number of amides is 1. The summed E-state index contributed by atoms with van der Waals surface area (Å²) >= 11 is 3.45. The molecule has 4 aromatic rings. The van der Waals surface area contributed by atoms with Gasteiger partial charge in [-0.15, -0.1) is 22.7 Å². The van der Waals surface area contributed by atoms with Crippen LogP contribution in [0.25, 0.3) is 19.5 Å². The Labute approximate surface area is 167 Å². The van der Waals surface area contributed by atoms with E-state index in [1.54, 1.807) is 22.7 Å². The summed E-state index contributed by atoms with van der Waals surface area (Å²) in [6.07, 6.45) is 3.33. The van der Waals surface area contributed by atoms with Gasteiger partial charge < -0.3 is 4.90 Å². The van der Waals surface area contributed by atoms with Crippen LogP contribution in [0, 0.1) is 5.92 Å². The van der Waals surface area contributed by atoms with Crippen LogP contribution in [-0.4, -0.2) is 23.9 Å². The van der Waals surface area contributed by atoms with Crippen LogP contribution in [0.4, 0.5) is 0 Å². The summed E-state index contributed by atoms with van der Waals surface area (Å²) in [5, 5.41) is 1.28. The fourth-order valence-electron chi connectivity index (χ4n) is 4.05. The molecule has 1 amide bonds. The zero-order valence-electron chi connectivity index (χ0n) is 15.1. The fourth-order valence-corrected chi connectivity index (χ4v) is 6.54. The number of piperidine rings is 1. The maximum Gasteiger partial charge on any atom is 0.263 e. The molecule has 0 aliphatic carbocycles. The van der Waals surface area contributed by atoms with Crippen molar-refractivity contribution in [1.29, 1.82) is 0 Å². The molecule has 0 N–H and O–H groups in total. The number of thiophene rings is 2. The van der Waals surface area contributed by atoms with Crippen molar-refractivity contribution in [2.45, 2.75) is 19.3 Å². The quantitative estimate of drug-likeness (QED) is 0.406. The highest BCUT2D eigenvalue weighted by molar-refractivity contribution is 7.33. The van der Waals surface area contributed by atoms with Gasteiger partial charge in [-0.05, 0) is 42.9 Å². The van der Waals surface area contributed by atoms with Crippen molar-refractivity contribution < 1.29 is 4.79 Å². The first kappa shape index (κ1) is 17.0. The van der Waals surface area contributed by atoms with Crippen molar-refractivity contribution in [3.63, 3.8) is 0 Å². The molecule has 0 spiro atoms. The second-order valence-corrected chi connectivity index (χ2v) is 9.46. The predicted molar refractivity (Wildman–Crippen MR) is 116 cm³/mol. The first-order valence-corrected chi connectivity index (χ1v) is 11.2. The van der Waals surface area contributed by atoms with Gasteiger partial charge in [0.15, 0.2) is 0 Å². The van der Waals surface area contributed by atoms with Crippen LogP contribution in [0.5, 0.6) is 0 Å². The van der Waals surface area contributed by atoms with Gasteiger partial charge in [0.1, 0.15) is 0 Å². The molecule has 5 rings (SSSR count). The smallest absolute Gasteiger partial charge is 0.263 e. The molecule has 136 valence electrons. The molecule has 1 fully saturated rings. The molecule has 2 nitrogen and oxygen atoms in total. The first-order valence-electron chi connectivity index (χ1n) is 9.52. The minimum atomic E-state index is 0.214. The fraction of sp³-hybridized carbons (Fsp3) is 0.261. The van der Waals surface area contributed by atoms with Crippen LogP contribution in [0.15, 0.2) is 60.7 Å². The summed E-state index contributed by atoms with van der Waals surface area (Å²) in [4.78, 5) is 16.0. The van der Waals surface area contributed by atoms with E-state index in [4.69, 9.17) is 0 Å². The maximum atomic E-state index is 13.0. The third kappa shape index (κ3) is 3.28. The lowest BCUT2D eigenvalue weighted by atomic mass is 9.90. The van der Waals surface area contributed by atoms with Crippen molar-refractivity contribution in [1.82, 2.24) is 4.90 Å². The summed E-state index contributed by atoms with van der Waals surface area (Å²) in [5.41, 5.74) is 1.41. The molecule has 0 radical (unpaired) electrons. The minimum absolute atomic E-state index is 0.214. The second-order valence-electron chi connectivity index (χ2n) is 7.33. The molecule has 0 bridgehead atoms. The lowest BCUT2D eigenvalue weighted by Crippen LogP contribution is -2.38. The minimum Gasteiger partial charge on any atom is -0.338 e. The molecule has 3 heterocycles. The van der Waals surface area contributed by atoms with Gasteiger partial charge in [0, 0.05) is 27.9 Å². The van der Waals surface area contributed by atoms with Gasteiger partial charge in [0.2, 0.25) is 0 Å². The molecule has 0 saturated carbocycles. The number of fused-ring (bicyclic) bond motifs is 3. The molecule has 1 saturated heterocycles. The third-order valence-corrected chi connectivity index (χ3v) is 7.93. The molecule has 0 unspecified atom stereocenters. The van der Waals surface area contributed by atoms with Crippen molar-refractivity contribution >= 4 is 48.1 Å². The van der Waals surface area contributed by atoms with Crippen LogP contribution in [-0.2, 0) is 6.42 Å². The second kappa shape index (κ2) is 7.10. The molecule has 4 heteroatoms. The Hall–Kier alpha value is -2.17. The van der Waals surface area contributed by atoms with Crippen LogP contribution in [0.1, 0.15) is 28.1 Å². The van der Waals surface area contributed by atoms with Gasteiger partial charge in [-0.3, -0.25) is 4.79 Å². The van der Waals surface area contributed by atoms with Gasteiger partial charge >= 0.3 is 0 Å². The predicted octanol–water partition coefficient (Wildman–Crippen LogP) is 6.21. The average Bonchev–Trinajstić information content (AvgIpc) is 3.27. The average molecular weight is 392 g/mol. The van der Waals surface area contributed by atoms with Crippen molar-refractivity contribution in [2.75, 3.05) is 13.1 Å². The molecule has 2 aromatic carbocycles. The summed E-state index contributed by atoms with van der Waals surface area (Å²) < 4.78 is 3.81. The SMILES string of the molecule is O=C(c1cc2sc3ccccc3c2s1)N1CCC(Cc2ccccc2)CC1. The molecule has 0 atom stereocenters. The highest BCUT2D eigenvalue weighted by atomic mass is 32.1. The number of carbonyl (C=O) groups is 1. The van der Waals surface area contributed by atoms with Crippen LogP contribution in [0.3, 0.4) is 0 Å². The number of rotatable bonds is 3. The number of likely N-dealkylation sites (tertiary alicyclic amines) is 1. The largest absolute Gasteiger partial charge is 0.338 e.